The summed E-state index contributed by atoms with van der Waals surface area (Å²) >= 11 is 0. The van der Waals surface area contributed by atoms with Crippen molar-refractivity contribution in [3.63, 3.8) is 0 Å². The lowest BCUT2D eigenvalue weighted by atomic mass is 10.1. The molecule has 1 N–H and O–H groups in total. The van der Waals surface area contributed by atoms with Gasteiger partial charge in [-0.3, -0.25) is 4.79 Å². The zero-order valence-electron chi connectivity index (χ0n) is 15.0. The molecule has 0 unspecified atom stereocenters. The molecule has 1 amide bonds. The molecule has 1 aromatic carbocycles. The SMILES string of the molecule is COc1cc(OC)c(C(=O)OCC(=O)N[C@@H](C)c2ccco2)cc1OC. The Balaban J connectivity index is 2.02. The largest absolute Gasteiger partial charge is 0.496 e. The first-order valence-electron chi connectivity index (χ1n) is 7.80. The molecule has 0 fully saturated rings. The molecule has 1 aromatic heterocycles. The monoisotopic (exact) mass is 363 g/mol. The fourth-order valence-corrected chi connectivity index (χ4v) is 2.29. The van der Waals surface area contributed by atoms with Crippen molar-refractivity contribution in [1.82, 2.24) is 5.32 Å². The Hall–Kier alpha value is -3.16. The first-order chi connectivity index (χ1) is 12.5. The predicted molar refractivity (Wildman–Crippen MR) is 91.6 cm³/mol. The van der Waals surface area contributed by atoms with Gasteiger partial charge in [0.25, 0.3) is 5.91 Å². The fraction of sp³-hybridized carbons (Fsp3) is 0.333. The second kappa shape index (κ2) is 8.80. The number of methoxy groups -OCH3 is 3. The zero-order chi connectivity index (χ0) is 19.1. The van der Waals surface area contributed by atoms with Crippen LogP contribution in [0.3, 0.4) is 0 Å². The number of nitrogens with one attached hydrogen (secondary N) is 1. The maximum Gasteiger partial charge on any atom is 0.342 e. The van der Waals surface area contributed by atoms with Gasteiger partial charge >= 0.3 is 5.97 Å². The highest BCUT2D eigenvalue weighted by molar-refractivity contribution is 5.95. The minimum atomic E-state index is -0.719. The molecule has 2 aromatic rings. The Morgan fingerprint density at radius 3 is 2.31 bits per heavy atom. The molecule has 0 spiro atoms. The van der Waals surface area contributed by atoms with Gasteiger partial charge in [-0.05, 0) is 19.1 Å². The molecular formula is C18H21NO7. The zero-order valence-corrected chi connectivity index (χ0v) is 15.0. The molecule has 8 heteroatoms. The average molecular weight is 363 g/mol. The molecular weight excluding hydrogens is 342 g/mol. The molecule has 1 atom stereocenters. The summed E-state index contributed by atoms with van der Waals surface area (Å²) < 4.78 is 25.8. The lowest BCUT2D eigenvalue weighted by Crippen LogP contribution is -2.31. The standard InChI is InChI=1S/C18H21NO7/c1-11(13-6-5-7-25-13)19-17(20)10-26-18(21)12-8-15(23-3)16(24-4)9-14(12)22-2/h5-9,11H,10H2,1-4H3,(H,19,20)/t11-/m0/s1. The number of amides is 1. The predicted octanol–water partition coefficient (Wildman–Crippen LogP) is 2.34. The van der Waals surface area contributed by atoms with Crippen molar-refractivity contribution in [2.75, 3.05) is 27.9 Å². The maximum absolute atomic E-state index is 12.3. The van der Waals surface area contributed by atoms with Crippen LogP contribution in [-0.2, 0) is 9.53 Å². The van der Waals surface area contributed by atoms with E-state index in [2.05, 4.69) is 5.32 Å². The fourth-order valence-electron chi connectivity index (χ4n) is 2.29. The van der Waals surface area contributed by atoms with Crippen molar-refractivity contribution in [2.45, 2.75) is 13.0 Å². The highest BCUT2D eigenvalue weighted by Gasteiger charge is 2.20. The normalized spacial score (nSPS) is 11.4. The molecule has 26 heavy (non-hydrogen) atoms. The van der Waals surface area contributed by atoms with E-state index in [4.69, 9.17) is 23.4 Å². The van der Waals surface area contributed by atoms with E-state index in [-0.39, 0.29) is 17.4 Å². The molecule has 0 bridgehead atoms. The average Bonchev–Trinajstić information content (AvgIpc) is 3.19. The summed E-state index contributed by atoms with van der Waals surface area (Å²) in [5.74, 6) is 0.426. The minimum Gasteiger partial charge on any atom is -0.496 e. The smallest absolute Gasteiger partial charge is 0.342 e. The summed E-state index contributed by atoms with van der Waals surface area (Å²) in [6, 6.07) is 6.07. The van der Waals surface area contributed by atoms with Crippen LogP contribution in [0.1, 0.15) is 29.1 Å². The van der Waals surface area contributed by atoms with Crippen molar-refractivity contribution >= 4 is 11.9 Å². The lowest BCUT2D eigenvalue weighted by Gasteiger charge is -2.14. The molecule has 0 saturated carbocycles. The van der Waals surface area contributed by atoms with E-state index in [1.54, 1.807) is 19.1 Å². The number of carbonyl (C=O) groups excluding carboxylic acids is 2. The number of esters is 1. The Labute approximate surface area is 151 Å². The Bertz CT molecular complexity index is 755. The van der Waals surface area contributed by atoms with Gasteiger partial charge in [-0.15, -0.1) is 0 Å². The molecule has 8 nitrogen and oxygen atoms in total. The number of furan rings is 1. The summed E-state index contributed by atoms with van der Waals surface area (Å²) in [7, 11) is 4.33. The van der Waals surface area contributed by atoms with Crippen LogP contribution < -0.4 is 19.5 Å². The lowest BCUT2D eigenvalue weighted by molar-refractivity contribution is -0.125. The molecule has 0 radical (unpaired) electrons. The second-order valence-electron chi connectivity index (χ2n) is 5.29. The van der Waals surface area contributed by atoms with E-state index < -0.39 is 18.5 Å². The highest BCUT2D eigenvalue weighted by atomic mass is 16.5. The molecule has 1 heterocycles. The maximum atomic E-state index is 12.3. The van der Waals surface area contributed by atoms with Crippen LogP contribution in [0.5, 0.6) is 17.2 Å². The van der Waals surface area contributed by atoms with Crippen LogP contribution in [0.15, 0.2) is 34.9 Å². The molecule has 0 aliphatic rings. The molecule has 2 rings (SSSR count). The molecule has 140 valence electrons. The first kappa shape index (κ1) is 19.2. The van der Waals surface area contributed by atoms with Gasteiger partial charge in [-0.25, -0.2) is 4.79 Å². The van der Waals surface area contributed by atoms with Crippen molar-refractivity contribution in [3.8, 4) is 17.2 Å². The quantitative estimate of drug-likeness (QED) is 0.719. The number of rotatable bonds is 8. The van der Waals surface area contributed by atoms with Gasteiger partial charge < -0.3 is 28.7 Å². The van der Waals surface area contributed by atoms with Crippen LogP contribution in [0.2, 0.25) is 0 Å². The van der Waals surface area contributed by atoms with Crippen molar-refractivity contribution in [2.24, 2.45) is 0 Å². The summed E-state index contributed by atoms with van der Waals surface area (Å²) in [5.41, 5.74) is 0.122. The molecule has 0 aliphatic heterocycles. The number of carbonyl (C=O) groups is 2. The Kier molecular flexibility index (Phi) is 6.48. The Morgan fingerprint density at radius 1 is 1.08 bits per heavy atom. The van der Waals surface area contributed by atoms with Gasteiger partial charge in [0.2, 0.25) is 0 Å². The molecule has 0 saturated heterocycles. The third-order valence-corrected chi connectivity index (χ3v) is 3.61. The van der Waals surface area contributed by atoms with E-state index in [1.807, 2.05) is 0 Å². The van der Waals surface area contributed by atoms with Crippen LogP contribution in [-0.4, -0.2) is 39.8 Å². The Morgan fingerprint density at radius 2 is 1.73 bits per heavy atom. The number of ether oxygens (including phenoxy) is 4. The van der Waals surface area contributed by atoms with Crippen molar-refractivity contribution in [3.05, 3.63) is 41.9 Å². The van der Waals surface area contributed by atoms with Gasteiger partial charge in [-0.1, -0.05) is 0 Å². The van der Waals surface area contributed by atoms with E-state index in [9.17, 15) is 9.59 Å². The van der Waals surface area contributed by atoms with Gasteiger partial charge in [0.05, 0.1) is 33.6 Å². The van der Waals surface area contributed by atoms with Crippen LogP contribution in [0.25, 0.3) is 0 Å². The molecule has 0 aliphatic carbocycles. The number of hydrogen-bond acceptors (Lipinski definition) is 7. The van der Waals surface area contributed by atoms with Gasteiger partial charge in [0, 0.05) is 12.1 Å². The number of benzene rings is 1. The van der Waals surface area contributed by atoms with E-state index in [0.29, 0.717) is 17.3 Å². The summed E-state index contributed by atoms with van der Waals surface area (Å²) in [6.45, 7) is 1.32. The van der Waals surface area contributed by atoms with E-state index in [0.717, 1.165) is 0 Å². The minimum absolute atomic E-state index is 0.122. The summed E-state index contributed by atoms with van der Waals surface area (Å²) in [4.78, 5) is 24.3. The third-order valence-electron chi connectivity index (χ3n) is 3.61. The summed E-state index contributed by atoms with van der Waals surface area (Å²) in [5, 5.41) is 2.67. The second-order valence-corrected chi connectivity index (χ2v) is 5.29. The number of hydrogen-bond donors (Lipinski definition) is 1. The van der Waals surface area contributed by atoms with Gasteiger partial charge in [0.1, 0.15) is 17.1 Å². The third kappa shape index (κ3) is 4.47. The van der Waals surface area contributed by atoms with Crippen LogP contribution >= 0.6 is 0 Å². The van der Waals surface area contributed by atoms with Crippen molar-refractivity contribution < 1.29 is 33.0 Å². The van der Waals surface area contributed by atoms with Crippen molar-refractivity contribution in [1.29, 1.82) is 0 Å². The summed E-state index contributed by atoms with van der Waals surface area (Å²) in [6.07, 6.45) is 1.52. The van der Waals surface area contributed by atoms with E-state index >= 15 is 0 Å². The topological polar surface area (TPSA) is 96.2 Å². The van der Waals surface area contributed by atoms with Crippen LogP contribution in [0.4, 0.5) is 0 Å². The van der Waals surface area contributed by atoms with E-state index in [1.165, 1.54) is 39.7 Å². The van der Waals surface area contributed by atoms with Gasteiger partial charge in [-0.2, -0.15) is 0 Å². The highest BCUT2D eigenvalue weighted by Crippen LogP contribution is 2.34. The first-order valence-corrected chi connectivity index (χ1v) is 7.80. The van der Waals surface area contributed by atoms with Gasteiger partial charge in [0.15, 0.2) is 18.1 Å². The van der Waals surface area contributed by atoms with Crippen LogP contribution in [0, 0.1) is 0 Å².